The van der Waals surface area contributed by atoms with Gasteiger partial charge in [-0.05, 0) is 18.6 Å². The second-order valence-electron chi connectivity index (χ2n) is 4.67. The highest BCUT2D eigenvalue weighted by Crippen LogP contribution is 2.10. The topological polar surface area (TPSA) is 3.24 Å². The first kappa shape index (κ1) is 14.6. The monoisotopic (exact) mass is 243 g/mol. The van der Waals surface area contributed by atoms with E-state index in [0.717, 1.165) is 19.4 Å². The Labute approximate surface area is 112 Å². The van der Waals surface area contributed by atoms with Gasteiger partial charge in [-0.25, -0.2) is 0 Å². The number of para-hydroxylation sites is 1. The molecule has 0 aliphatic rings. The largest absolute Gasteiger partial charge is 0.374 e. The van der Waals surface area contributed by atoms with Crippen LogP contribution in [0.1, 0.15) is 45.4 Å². The maximum absolute atomic E-state index is 3.27. The first-order valence-corrected chi connectivity index (χ1v) is 7.06. The minimum atomic E-state index is 0.958. The Kier molecular flexibility index (Phi) is 7.80. The molecular formula is C17H25N. The molecule has 1 aromatic carbocycles. The van der Waals surface area contributed by atoms with Crippen LogP contribution in [0.15, 0.2) is 30.3 Å². The maximum atomic E-state index is 3.27. The molecule has 0 fully saturated rings. The van der Waals surface area contributed by atoms with E-state index in [1.165, 1.54) is 31.4 Å². The van der Waals surface area contributed by atoms with Crippen LogP contribution in [0.3, 0.4) is 0 Å². The lowest BCUT2D eigenvalue weighted by atomic mass is 10.1. The summed E-state index contributed by atoms with van der Waals surface area (Å²) < 4.78 is 0. The van der Waals surface area contributed by atoms with E-state index in [1.807, 2.05) is 6.07 Å². The lowest BCUT2D eigenvalue weighted by molar-refractivity contribution is 0.679. The molecule has 0 N–H and O–H groups in total. The zero-order valence-corrected chi connectivity index (χ0v) is 11.8. The number of benzene rings is 1. The zero-order chi connectivity index (χ0) is 13.1. The molecule has 0 saturated heterocycles. The molecule has 0 unspecified atom stereocenters. The van der Waals surface area contributed by atoms with E-state index in [-0.39, 0.29) is 0 Å². The van der Waals surface area contributed by atoms with Crippen molar-refractivity contribution in [1.29, 1.82) is 0 Å². The summed E-state index contributed by atoms with van der Waals surface area (Å²) in [5.41, 5.74) is 1.27. The fraction of sp³-hybridized carbons (Fsp3) is 0.529. The summed E-state index contributed by atoms with van der Waals surface area (Å²) in [5.74, 6) is 6.55. The molecule has 0 aliphatic heterocycles. The van der Waals surface area contributed by atoms with Crippen molar-refractivity contribution < 1.29 is 0 Å². The molecule has 0 amide bonds. The molecule has 0 atom stereocenters. The molecule has 0 saturated carbocycles. The van der Waals surface area contributed by atoms with Crippen molar-refractivity contribution in [1.82, 2.24) is 0 Å². The van der Waals surface area contributed by atoms with Crippen molar-refractivity contribution in [3.8, 4) is 11.8 Å². The molecule has 1 aromatic rings. The average molecular weight is 243 g/mol. The zero-order valence-electron chi connectivity index (χ0n) is 11.8. The second-order valence-corrected chi connectivity index (χ2v) is 4.67. The lowest BCUT2D eigenvalue weighted by Gasteiger charge is -2.17. The molecule has 1 heteroatoms. The van der Waals surface area contributed by atoms with Gasteiger partial charge in [0.15, 0.2) is 0 Å². The Bertz CT molecular complexity index is 358. The van der Waals surface area contributed by atoms with Gasteiger partial charge in [0.05, 0.1) is 0 Å². The van der Waals surface area contributed by atoms with Gasteiger partial charge in [-0.3, -0.25) is 0 Å². The van der Waals surface area contributed by atoms with Gasteiger partial charge in [-0.15, -0.1) is 11.8 Å². The van der Waals surface area contributed by atoms with Crippen molar-refractivity contribution in [2.75, 3.05) is 18.5 Å². The van der Waals surface area contributed by atoms with Gasteiger partial charge in [0.25, 0.3) is 0 Å². The Morgan fingerprint density at radius 3 is 2.39 bits per heavy atom. The van der Waals surface area contributed by atoms with E-state index in [9.17, 15) is 0 Å². The van der Waals surface area contributed by atoms with Crippen LogP contribution in [-0.4, -0.2) is 13.6 Å². The van der Waals surface area contributed by atoms with E-state index in [1.54, 1.807) is 0 Å². The molecule has 1 nitrogen and oxygen atoms in total. The molecule has 18 heavy (non-hydrogen) atoms. The van der Waals surface area contributed by atoms with Gasteiger partial charge >= 0.3 is 0 Å². The van der Waals surface area contributed by atoms with Gasteiger partial charge in [-0.2, -0.15) is 0 Å². The number of hydrogen-bond acceptors (Lipinski definition) is 1. The fourth-order valence-electron chi connectivity index (χ4n) is 1.85. The van der Waals surface area contributed by atoms with Crippen LogP contribution in [0.2, 0.25) is 0 Å². The summed E-state index contributed by atoms with van der Waals surface area (Å²) in [6.45, 7) is 3.25. The molecule has 98 valence electrons. The molecule has 0 heterocycles. The van der Waals surface area contributed by atoms with Gasteiger partial charge in [0, 0.05) is 32.1 Å². The van der Waals surface area contributed by atoms with E-state index < -0.39 is 0 Å². The number of anilines is 1. The van der Waals surface area contributed by atoms with Gasteiger partial charge < -0.3 is 4.90 Å². The Balaban J connectivity index is 2.12. The summed E-state index contributed by atoms with van der Waals surface area (Å²) in [5, 5.41) is 0. The third-order valence-corrected chi connectivity index (χ3v) is 3.05. The Hall–Kier alpha value is -1.42. The number of nitrogens with zero attached hydrogens (tertiary/aromatic N) is 1. The minimum absolute atomic E-state index is 0.958. The molecular weight excluding hydrogens is 218 g/mol. The SMILES string of the molecule is CCCCCCC#CCCN(C)c1ccccc1. The highest BCUT2D eigenvalue weighted by molar-refractivity contribution is 5.45. The fourth-order valence-corrected chi connectivity index (χ4v) is 1.85. The van der Waals surface area contributed by atoms with Crippen molar-refractivity contribution in [2.24, 2.45) is 0 Å². The van der Waals surface area contributed by atoms with E-state index >= 15 is 0 Å². The van der Waals surface area contributed by atoms with Gasteiger partial charge in [-0.1, -0.05) is 44.4 Å². The average Bonchev–Trinajstić information content (AvgIpc) is 2.42. The van der Waals surface area contributed by atoms with E-state index in [4.69, 9.17) is 0 Å². The number of rotatable bonds is 7. The van der Waals surface area contributed by atoms with Crippen LogP contribution in [0.25, 0.3) is 0 Å². The van der Waals surface area contributed by atoms with Crippen LogP contribution < -0.4 is 4.90 Å². The van der Waals surface area contributed by atoms with Crippen molar-refractivity contribution in [3.05, 3.63) is 30.3 Å². The van der Waals surface area contributed by atoms with Crippen LogP contribution in [0.5, 0.6) is 0 Å². The Morgan fingerprint density at radius 1 is 0.944 bits per heavy atom. The van der Waals surface area contributed by atoms with E-state index in [2.05, 4.69) is 55.0 Å². The third-order valence-electron chi connectivity index (χ3n) is 3.05. The smallest absolute Gasteiger partial charge is 0.0363 e. The first-order valence-electron chi connectivity index (χ1n) is 7.06. The molecule has 0 aliphatic carbocycles. The van der Waals surface area contributed by atoms with Gasteiger partial charge in [0.2, 0.25) is 0 Å². The molecule has 0 aromatic heterocycles. The number of hydrogen-bond donors (Lipinski definition) is 0. The quantitative estimate of drug-likeness (QED) is 0.504. The van der Waals surface area contributed by atoms with Crippen LogP contribution >= 0.6 is 0 Å². The standard InChI is InChI=1S/C17H25N/c1-3-4-5-6-7-8-9-13-16-18(2)17-14-11-10-12-15-17/h10-12,14-15H,3-7,13,16H2,1-2H3. The van der Waals surface area contributed by atoms with Crippen LogP contribution in [0, 0.1) is 11.8 Å². The van der Waals surface area contributed by atoms with Crippen molar-refractivity contribution >= 4 is 5.69 Å². The summed E-state index contributed by atoms with van der Waals surface area (Å²) >= 11 is 0. The third kappa shape index (κ3) is 6.35. The first-order chi connectivity index (χ1) is 8.84. The highest BCUT2D eigenvalue weighted by Gasteiger charge is 1.96. The molecule has 0 spiro atoms. The van der Waals surface area contributed by atoms with E-state index in [0.29, 0.717) is 0 Å². The lowest BCUT2D eigenvalue weighted by Crippen LogP contribution is -2.17. The highest BCUT2D eigenvalue weighted by atomic mass is 15.1. The Morgan fingerprint density at radius 2 is 1.67 bits per heavy atom. The number of unbranched alkanes of at least 4 members (excludes halogenated alkanes) is 4. The summed E-state index contributed by atoms with van der Waals surface area (Å²) in [6.07, 6.45) is 7.26. The molecule has 0 radical (unpaired) electrons. The summed E-state index contributed by atoms with van der Waals surface area (Å²) in [6, 6.07) is 10.5. The molecule has 1 rings (SSSR count). The predicted molar refractivity (Wildman–Crippen MR) is 80.9 cm³/mol. The summed E-state index contributed by atoms with van der Waals surface area (Å²) in [4.78, 5) is 2.26. The van der Waals surface area contributed by atoms with Crippen LogP contribution in [-0.2, 0) is 0 Å². The van der Waals surface area contributed by atoms with Crippen molar-refractivity contribution in [3.63, 3.8) is 0 Å². The molecule has 0 bridgehead atoms. The summed E-state index contributed by atoms with van der Waals surface area (Å²) in [7, 11) is 2.12. The van der Waals surface area contributed by atoms with Crippen molar-refractivity contribution in [2.45, 2.75) is 45.4 Å². The minimum Gasteiger partial charge on any atom is -0.374 e. The van der Waals surface area contributed by atoms with Gasteiger partial charge in [0.1, 0.15) is 0 Å². The maximum Gasteiger partial charge on any atom is 0.0363 e. The normalized spacial score (nSPS) is 9.67. The van der Waals surface area contributed by atoms with Crippen LogP contribution in [0.4, 0.5) is 5.69 Å². The predicted octanol–water partition coefficient (Wildman–Crippen LogP) is 4.49. The second kappa shape index (κ2) is 9.59.